The van der Waals surface area contributed by atoms with Crippen LogP contribution in [0.4, 0.5) is 5.69 Å². The standard InChI is InChI=1S/C38H28ClN3O/c39-33-20-18-29(19-21-33)35-25-36(30-9-3-1-4-10-30)42(41-35)34-22-16-27(17-23-34)14-15-28-8-7-13-32(24-28)38-40-26-37(43-38)31-11-5-2-6-12-31/h1-24,26,36H,25H2/b15-14+/t36-/m0/s1. The third kappa shape index (κ3) is 5.92. The zero-order valence-corrected chi connectivity index (χ0v) is 24.1. The first kappa shape index (κ1) is 26.7. The molecule has 208 valence electrons. The van der Waals surface area contributed by atoms with Gasteiger partial charge in [0.05, 0.1) is 23.6 Å². The van der Waals surface area contributed by atoms with E-state index >= 15 is 0 Å². The van der Waals surface area contributed by atoms with Gasteiger partial charge in [0.25, 0.3) is 0 Å². The predicted molar refractivity (Wildman–Crippen MR) is 177 cm³/mol. The second-order valence-electron chi connectivity index (χ2n) is 10.5. The minimum Gasteiger partial charge on any atom is -0.436 e. The molecule has 0 fully saturated rings. The van der Waals surface area contributed by atoms with Crippen molar-refractivity contribution in [2.24, 2.45) is 5.10 Å². The molecule has 0 bridgehead atoms. The van der Waals surface area contributed by atoms with Crippen LogP contribution in [-0.4, -0.2) is 10.7 Å². The number of benzene rings is 5. The largest absolute Gasteiger partial charge is 0.436 e. The monoisotopic (exact) mass is 577 g/mol. The summed E-state index contributed by atoms with van der Waals surface area (Å²) in [5.41, 5.74) is 8.56. The van der Waals surface area contributed by atoms with Crippen LogP contribution in [0.15, 0.2) is 149 Å². The molecule has 1 atom stereocenters. The lowest BCUT2D eigenvalue weighted by Gasteiger charge is -2.24. The van der Waals surface area contributed by atoms with E-state index in [0.717, 1.165) is 56.4 Å². The van der Waals surface area contributed by atoms with Crippen LogP contribution in [0.3, 0.4) is 0 Å². The molecule has 1 aliphatic rings. The van der Waals surface area contributed by atoms with Gasteiger partial charge in [0.2, 0.25) is 5.89 Å². The minimum absolute atomic E-state index is 0.119. The summed E-state index contributed by atoms with van der Waals surface area (Å²) in [6.45, 7) is 0. The molecule has 0 radical (unpaired) electrons. The van der Waals surface area contributed by atoms with Gasteiger partial charge >= 0.3 is 0 Å². The number of hydrogen-bond acceptors (Lipinski definition) is 4. The lowest BCUT2D eigenvalue weighted by molar-refractivity contribution is 0.589. The Morgan fingerprint density at radius 1 is 0.674 bits per heavy atom. The second-order valence-corrected chi connectivity index (χ2v) is 10.9. The van der Waals surface area contributed by atoms with Crippen molar-refractivity contribution in [1.29, 1.82) is 0 Å². The van der Waals surface area contributed by atoms with Gasteiger partial charge in [-0.15, -0.1) is 0 Å². The van der Waals surface area contributed by atoms with Crippen molar-refractivity contribution in [3.8, 4) is 22.8 Å². The topological polar surface area (TPSA) is 41.6 Å². The van der Waals surface area contributed by atoms with E-state index in [9.17, 15) is 0 Å². The van der Waals surface area contributed by atoms with Crippen molar-refractivity contribution < 1.29 is 4.42 Å². The molecule has 0 spiro atoms. The lowest BCUT2D eigenvalue weighted by Crippen LogP contribution is -2.18. The summed E-state index contributed by atoms with van der Waals surface area (Å²) in [6, 6.07) is 45.4. The van der Waals surface area contributed by atoms with E-state index < -0.39 is 0 Å². The van der Waals surface area contributed by atoms with Crippen molar-refractivity contribution in [2.75, 3.05) is 5.01 Å². The van der Waals surface area contributed by atoms with Gasteiger partial charge in [-0.05, 0) is 58.7 Å². The molecule has 4 nitrogen and oxygen atoms in total. The SMILES string of the molecule is Clc1ccc(C2=NN(c3ccc(/C=C/c4cccc(-c5ncc(-c6ccccc6)o5)c4)cc3)[C@H](c3ccccc3)C2)cc1. The lowest BCUT2D eigenvalue weighted by atomic mass is 9.98. The first-order chi connectivity index (χ1) is 21.2. The van der Waals surface area contributed by atoms with Gasteiger partial charge in [0.1, 0.15) is 0 Å². The molecule has 1 aliphatic heterocycles. The number of aromatic nitrogens is 1. The van der Waals surface area contributed by atoms with Crippen LogP contribution < -0.4 is 5.01 Å². The molecular weight excluding hydrogens is 550 g/mol. The second kappa shape index (κ2) is 12.0. The highest BCUT2D eigenvalue weighted by atomic mass is 35.5. The van der Waals surface area contributed by atoms with E-state index in [4.69, 9.17) is 21.1 Å². The Kier molecular flexibility index (Phi) is 7.43. The average molecular weight is 578 g/mol. The Bertz CT molecular complexity index is 1890. The normalized spacial score (nSPS) is 14.8. The maximum atomic E-state index is 6.14. The summed E-state index contributed by atoms with van der Waals surface area (Å²) in [5, 5.41) is 7.93. The predicted octanol–water partition coefficient (Wildman–Crippen LogP) is 10.2. The average Bonchev–Trinajstić information content (AvgIpc) is 3.75. The summed E-state index contributed by atoms with van der Waals surface area (Å²) in [4.78, 5) is 4.51. The van der Waals surface area contributed by atoms with Gasteiger partial charge < -0.3 is 4.42 Å². The van der Waals surface area contributed by atoms with Crippen LogP contribution in [0, 0.1) is 0 Å². The van der Waals surface area contributed by atoms with Gasteiger partial charge in [-0.2, -0.15) is 5.10 Å². The molecule has 2 heterocycles. The summed E-state index contributed by atoms with van der Waals surface area (Å²) in [7, 11) is 0. The fourth-order valence-corrected chi connectivity index (χ4v) is 5.48. The summed E-state index contributed by atoms with van der Waals surface area (Å²) in [5.74, 6) is 1.37. The van der Waals surface area contributed by atoms with E-state index in [2.05, 4.69) is 82.8 Å². The molecular formula is C38H28ClN3O. The Balaban J connectivity index is 1.11. The fraction of sp³-hybridized carbons (Fsp3) is 0.0526. The Morgan fingerprint density at radius 3 is 2.14 bits per heavy atom. The maximum absolute atomic E-state index is 6.14. The highest BCUT2D eigenvalue weighted by molar-refractivity contribution is 6.30. The molecule has 43 heavy (non-hydrogen) atoms. The van der Waals surface area contributed by atoms with Crippen LogP contribution in [0.25, 0.3) is 34.9 Å². The quantitative estimate of drug-likeness (QED) is 0.177. The van der Waals surface area contributed by atoms with Gasteiger partial charge in [0.15, 0.2) is 5.76 Å². The number of oxazole rings is 1. The first-order valence-electron chi connectivity index (χ1n) is 14.3. The van der Waals surface area contributed by atoms with Crippen molar-refractivity contribution in [1.82, 2.24) is 4.98 Å². The van der Waals surface area contributed by atoms with Crippen molar-refractivity contribution in [2.45, 2.75) is 12.5 Å². The van der Waals surface area contributed by atoms with Gasteiger partial charge in [0, 0.05) is 22.6 Å². The summed E-state index contributed by atoms with van der Waals surface area (Å²) < 4.78 is 6.06. The Morgan fingerprint density at radius 2 is 1.37 bits per heavy atom. The van der Waals surface area contributed by atoms with Crippen LogP contribution in [0.2, 0.25) is 5.02 Å². The summed E-state index contributed by atoms with van der Waals surface area (Å²) >= 11 is 6.14. The molecule has 1 aromatic heterocycles. The van der Waals surface area contributed by atoms with Crippen LogP contribution in [0.1, 0.15) is 34.7 Å². The molecule has 0 aliphatic carbocycles. The molecule has 0 amide bonds. The van der Waals surface area contributed by atoms with Gasteiger partial charge in [-0.3, -0.25) is 5.01 Å². The van der Waals surface area contributed by atoms with Crippen molar-refractivity contribution in [3.05, 3.63) is 167 Å². The highest BCUT2D eigenvalue weighted by Crippen LogP contribution is 2.37. The Labute approximate surface area is 256 Å². The first-order valence-corrected chi connectivity index (χ1v) is 14.6. The van der Waals surface area contributed by atoms with Crippen LogP contribution >= 0.6 is 11.6 Å². The van der Waals surface area contributed by atoms with Crippen LogP contribution in [0.5, 0.6) is 0 Å². The maximum Gasteiger partial charge on any atom is 0.226 e. The molecule has 0 unspecified atom stereocenters. The number of nitrogens with zero attached hydrogens (tertiary/aromatic N) is 3. The Hall–Kier alpha value is -5.19. The third-order valence-electron chi connectivity index (χ3n) is 7.60. The van der Waals surface area contributed by atoms with Crippen molar-refractivity contribution >= 4 is 35.2 Å². The third-order valence-corrected chi connectivity index (χ3v) is 7.85. The minimum atomic E-state index is 0.119. The molecule has 5 aromatic carbocycles. The molecule has 0 N–H and O–H groups in total. The number of hydrazone groups is 1. The molecule has 6 aromatic rings. The number of rotatable bonds is 7. The van der Waals surface area contributed by atoms with Crippen molar-refractivity contribution in [3.63, 3.8) is 0 Å². The molecule has 0 saturated carbocycles. The molecule has 0 saturated heterocycles. The van der Waals surface area contributed by atoms with E-state index in [1.54, 1.807) is 6.20 Å². The highest BCUT2D eigenvalue weighted by Gasteiger charge is 2.29. The van der Waals surface area contributed by atoms with E-state index in [1.807, 2.05) is 72.8 Å². The molecule has 7 rings (SSSR count). The van der Waals surface area contributed by atoms with Gasteiger partial charge in [-0.25, -0.2) is 4.98 Å². The smallest absolute Gasteiger partial charge is 0.226 e. The van der Waals surface area contributed by atoms with E-state index in [0.29, 0.717) is 5.89 Å². The number of anilines is 1. The van der Waals surface area contributed by atoms with E-state index in [-0.39, 0.29) is 6.04 Å². The van der Waals surface area contributed by atoms with Crippen LogP contribution in [-0.2, 0) is 0 Å². The van der Waals surface area contributed by atoms with E-state index in [1.165, 1.54) is 5.56 Å². The summed E-state index contributed by atoms with van der Waals surface area (Å²) in [6.07, 6.45) is 6.83. The number of halogens is 1. The fourth-order valence-electron chi connectivity index (χ4n) is 5.35. The zero-order valence-electron chi connectivity index (χ0n) is 23.3. The number of hydrogen-bond donors (Lipinski definition) is 0. The molecule has 5 heteroatoms. The van der Waals surface area contributed by atoms with Gasteiger partial charge in [-0.1, -0.05) is 121 Å². The zero-order chi connectivity index (χ0) is 29.0.